The van der Waals surface area contributed by atoms with E-state index in [2.05, 4.69) is 9.97 Å². The van der Waals surface area contributed by atoms with Gasteiger partial charge in [0.1, 0.15) is 11.8 Å². The third-order valence-corrected chi connectivity index (χ3v) is 3.73. The van der Waals surface area contributed by atoms with E-state index < -0.39 is 23.8 Å². The predicted molar refractivity (Wildman–Crippen MR) is 73.7 cm³/mol. The summed E-state index contributed by atoms with van der Waals surface area (Å²) in [6.07, 6.45) is 0.283. The van der Waals surface area contributed by atoms with Gasteiger partial charge in [0.2, 0.25) is 0 Å². The van der Waals surface area contributed by atoms with Crippen LogP contribution in [0, 0.1) is 0 Å². The number of fused-ring (bicyclic) bond motifs is 2. The van der Waals surface area contributed by atoms with Gasteiger partial charge in [0, 0.05) is 0 Å². The smallest absolute Gasteiger partial charge is 0.314 e. The van der Waals surface area contributed by atoms with Crippen LogP contribution in [-0.4, -0.2) is 36.1 Å². The van der Waals surface area contributed by atoms with Crippen LogP contribution < -0.4 is 0 Å². The largest absolute Gasteiger partial charge is 0.469 e. The van der Waals surface area contributed by atoms with Crippen molar-refractivity contribution < 1.29 is 19.1 Å². The average molecular weight is 286 g/mol. The van der Waals surface area contributed by atoms with Crippen LogP contribution in [0.2, 0.25) is 0 Å². The summed E-state index contributed by atoms with van der Waals surface area (Å²) in [6.45, 7) is 0. The molecule has 0 radical (unpaired) electrons. The molecule has 0 saturated heterocycles. The first-order chi connectivity index (χ1) is 10.2. The van der Waals surface area contributed by atoms with Crippen LogP contribution >= 0.6 is 0 Å². The number of hydrogen-bond donors (Lipinski definition) is 0. The molecule has 3 rings (SSSR count). The molecule has 0 saturated carbocycles. The maximum absolute atomic E-state index is 11.9. The first-order valence-corrected chi connectivity index (χ1v) is 6.58. The summed E-state index contributed by atoms with van der Waals surface area (Å²) < 4.78 is 9.61. The number of aromatic nitrogens is 2. The molecule has 1 aliphatic rings. The highest BCUT2D eigenvalue weighted by molar-refractivity contribution is 5.87. The minimum atomic E-state index is -0.578. The Morgan fingerprint density at radius 2 is 1.38 bits per heavy atom. The van der Waals surface area contributed by atoms with Crippen LogP contribution in [0.5, 0.6) is 0 Å². The lowest BCUT2D eigenvalue weighted by Crippen LogP contribution is -2.15. The fourth-order valence-corrected chi connectivity index (χ4v) is 2.70. The summed E-state index contributed by atoms with van der Waals surface area (Å²) in [5.41, 5.74) is 2.40. The molecule has 21 heavy (non-hydrogen) atoms. The highest BCUT2D eigenvalue weighted by Gasteiger charge is 2.43. The number of benzene rings is 1. The number of methoxy groups -OCH3 is 2. The lowest BCUT2D eigenvalue weighted by atomic mass is 10.0. The summed E-state index contributed by atoms with van der Waals surface area (Å²) in [6, 6.07) is 7.34. The minimum absolute atomic E-state index is 0.283. The number of carbonyl (C=O) groups is 2. The first kappa shape index (κ1) is 13.5. The van der Waals surface area contributed by atoms with Crippen molar-refractivity contribution in [3.8, 4) is 0 Å². The van der Waals surface area contributed by atoms with E-state index in [1.807, 2.05) is 24.3 Å². The molecule has 1 aromatic carbocycles. The van der Waals surface area contributed by atoms with Crippen molar-refractivity contribution in [2.75, 3.05) is 14.2 Å². The fraction of sp³-hybridized carbons (Fsp3) is 0.333. The van der Waals surface area contributed by atoms with E-state index in [4.69, 9.17) is 9.47 Å². The van der Waals surface area contributed by atoms with Crippen molar-refractivity contribution in [3.05, 3.63) is 35.7 Å². The Bertz CT molecular complexity index is 668. The van der Waals surface area contributed by atoms with E-state index >= 15 is 0 Å². The van der Waals surface area contributed by atoms with Gasteiger partial charge in [-0.2, -0.15) is 0 Å². The summed E-state index contributed by atoms with van der Waals surface area (Å²) in [5.74, 6) is -1.98. The molecule has 6 nitrogen and oxygen atoms in total. The van der Waals surface area contributed by atoms with Crippen molar-refractivity contribution >= 4 is 23.0 Å². The van der Waals surface area contributed by atoms with Gasteiger partial charge in [0.05, 0.1) is 36.6 Å². The van der Waals surface area contributed by atoms with Gasteiger partial charge in [0.15, 0.2) is 0 Å². The topological polar surface area (TPSA) is 78.4 Å². The number of hydrogen-bond acceptors (Lipinski definition) is 6. The second kappa shape index (κ2) is 5.12. The standard InChI is InChI=1S/C15H14N2O4/c1-20-14(18)8-7-9(15(19)21-2)13-12(8)16-10-5-3-4-6-11(10)17-13/h3-6,8-9H,7H2,1-2H3/t8-,9-/m0/s1. The number of para-hydroxylation sites is 2. The second-order valence-corrected chi connectivity index (χ2v) is 4.87. The lowest BCUT2D eigenvalue weighted by Gasteiger charge is -2.08. The van der Waals surface area contributed by atoms with Gasteiger partial charge < -0.3 is 9.47 Å². The molecule has 0 N–H and O–H groups in total. The molecule has 108 valence electrons. The van der Waals surface area contributed by atoms with E-state index in [1.165, 1.54) is 14.2 Å². The van der Waals surface area contributed by atoms with Crippen LogP contribution in [0.25, 0.3) is 11.0 Å². The number of rotatable bonds is 2. The minimum Gasteiger partial charge on any atom is -0.469 e. The molecule has 0 bridgehead atoms. The summed E-state index contributed by atoms with van der Waals surface area (Å²) in [4.78, 5) is 32.9. The molecular formula is C15H14N2O4. The Hall–Kier alpha value is -2.50. The van der Waals surface area contributed by atoms with Gasteiger partial charge in [0.25, 0.3) is 0 Å². The van der Waals surface area contributed by atoms with Gasteiger partial charge in [-0.25, -0.2) is 9.97 Å². The van der Waals surface area contributed by atoms with Crippen molar-refractivity contribution in [2.45, 2.75) is 18.3 Å². The van der Waals surface area contributed by atoms with Crippen molar-refractivity contribution in [3.63, 3.8) is 0 Å². The molecule has 1 heterocycles. The Morgan fingerprint density at radius 3 is 1.76 bits per heavy atom. The summed E-state index contributed by atoms with van der Waals surface area (Å²) in [5, 5.41) is 0. The monoisotopic (exact) mass is 286 g/mol. The van der Waals surface area contributed by atoms with Crippen molar-refractivity contribution in [1.29, 1.82) is 0 Å². The Kier molecular flexibility index (Phi) is 3.29. The molecule has 1 aromatic heterocycles. The molecular weight excluding hydrogens is 272 g/mol. The number of nitrogens with zero attached hydrogens (tertiary/aromatic N) is 2. The van der Waals surface area contributed by atoms with E-state index in [1.54, 1.807) is 0 Å². The van der Waals surface area contributed by atoms with Crippen molar-refractivity contribution in [2.24, 2.45) is 0 Å². The highest BCUT2D eigenvalue weighted by atomic mass is 16.5. The molecule has 6 heteroatoms. The van der Waals surface area contributed by atoms with Crippen LogP contribution in [0.3, 0.4) is 0 Å². The molecule has 0 unspecified atom stereocenters. The fourth-order valence-electron chi connectivity index (χ4n) is 2.70. The third kappa shape index (κ3) is 2.12. The Balaban J connectivity index is 2.18. The quantitative estimate of drug-likeness (QED) is 0.779. The maximum atomic E-state index is 11.9. The zero-order valence-electron chi connectivity index (χ0n) is 11.7. The molecule has 0 amide bonds. The van der Waals surface area contributed by atoms with Crippen LogP contribution in [0.15, 0.2) is 24.3 Å². The van der Waals surface area contributed by atoms with Gasteiger partial charge in [-0.3, -0.25) is 9.59 Å². The number of ether oxygens (including phenoxy) is 2. The molecule has 0 spiro atoms. The summed E-state index contributed by atoms with van der Waals surface area (Å²) >= 11 is 0. The average Bonchev–Trinajstić information content (AvgIpc) is 2.89. The molecule has 1 aliphatic carbocycles. The number of carbonyl (C=O) groups excluding carboxylic acids is 2. The second-order valence-electron chi connectivity index (χ2n) is 4.87. The van der Waals surface area contributed by atoms with E-state index in [0.717, 1.165) is 0 Å². The maximum Gasteiger partial charge on any atom is 0.314 e. The zero-order chi connectivity index (χ0) is 15.0. The zero-order valence-corrected chi connectivity index (χ0v) is 11.7. The van der Waals surface area contributed by atoms with Crippen molar-refractivity contribution in [1.82, 2.24) is 9.97 Å². The van der Waals surface area contributed by atoms with Gasteiger partial charge in [-0.15, -0.1) is 0 Å². The summed E-state index contributed by atoms with van der Waals surface area (Å²) in [7, 11) is 2.64. The Morgan fingerprint density at radius 1 is 0.952 bits per heavy atom. The lowest BCUT2D eigenvalue weighted by molar-refractivity contribution is -0.144. The first-order valence-electron chi connectivity index (χ1n) is 6.58. The Labute approximate surface area is 121 Å². The molecule has 2 aromatic rings. The molecule has 0 fully saturated rings. The van der Waals surface area contributed by atoms with E-state index in [-0.39, 0.29) is 6.42 Å². The van der Waals surface area contributed by atoms with Crippen LogP contribution in [-0.2, 0) is 19.1 Å². The van der Waals surface area contributed by atoms with E-state index in [9.17, 15) is 9.59 Å². The van der Waals surface area contributed by atoms with Gasteiger partial charge >= 0.3 is 11.9 Å². The normalized spacial score (nSPS) is 20.1. The van der Waals surface area contributed by atoms with Crippen LogP contribution in [0.4, 0.5) is 0 Å². The third-order valence-electron chi connectivity index (χ3n) is 3.73. The molecule has 0 aliphatic heterocycles. The van der Waals surface area contributed by atoms with Gasteiger partial charge in [-0.05, 0) is 18.6 Å². The van der Waals surface area contributed by atoms with E-state index in [0.29, 0.717) is 22.4 Å². The van der Waals surface area contributed by atoms with Gasteiger partial charge in [-0.1, -0.05) is 12.1 Å². The molecule has 2 atom stereocenters. The SMILES string of the molecule is COC(=O)[C@H]1C[C@H](C(=O)OC)c2nc3ccccc3nc21. The highest BCUT2D eigenvalue weighted by Crippen LogP contribution is 2.41. The number of esters is 2. The predicted octanol–water partition coefficient (Wildman–Crippen LogP) is 1.55. The van der Waals surface area contributed by atoms with Crippen LogP contribution in [0.1, 0.15) is 29.6 Å².